The number of ether oxygens (including phenoxy) is 1. The molecule has 3 aromatic carbocycles. The number of aromatic nitrogens is 2. The highest BCUT2D eigenvalue weighted by molar-refractivity contribution is 6.36. The zero-order chi connectivity index (χ0) is 35.3. The van der Waals surface area contributed by atoms with Crippen LogP contribution in [-0.4, -0.2) is 45.1 Å². The summed E-state index contributed by atoms with van der Waals surface area (Å²) < 4.78 is 5.56. The number of nitriles is 1. The lowest BCUT2D eigenvalue weighted by molar-refractivity contribution is 0.0681. The number of hydrazine groups is 2. The topological polar surface area (TPSA) is 130 Å². The Bertz CT molecular complexity index is 2120. The number of hydrogen-bond acceptors (Lipinski definition) is 10. The summed E-state index contributed by atoms with van der Waals surface area (Å²) in [6.45, 7) is 3.36. The van der Waals surface area contributed by atoms with E-state index in [9.17, 15) is 10.1 Å². The molecule has 0 aliphatic carbocycles. The minimum Gasteiger partial charge on any atom is -0.445 e. The average Bonchev–Trinajstić information content (AvgIpc) is 3.65. The molecule has 2 aliphatic rings. The number of rotatable bonds is 9. The first kappa shape index (κ1) is 33.9. The molecule has 0 radical (unpaired) electrons. The minimum absolute atomic E-state index is 0.150. The Hall–Kier alpha value is -5.54. The summed E-state index contributed by atoms with van der Waals surface area (Å²) in [6, 6.07) is 25.0. The number of carbonyl (C=O) groups excluding carboxylic acids is 1. The molecule has 0 saturated carbocycles. The molecule has 1 fully saturated rings. The van der Waals surface area contributed by atoms with E-state index >= 15 is 0 Å². The van der Waals surface area contributed by atoms with Gasteiger partial charge in [0.15, 0.2) is 0 Å². The molecule has 11 nitrogen and oxygen atoms in total. The third-order valence-electron chi connectivity index (χ3n) is 9.05. The summed E-state index contributed by atoms with van der Waals surface area (Å²) in [5.41, 5.74) is 13.3. The quantitative estimate of drug-likeness (QED) is 0.119. The van der Waals surface area contributed by atoms with Crippen molar-refractivity contribution >= 4 is 57.3 Å². The first-order chi connectivity index (χ1) is 24.9. The number of nitrogens with one attached hydrogen (secondary N) is 4. The number of hydrogen-bond donors (Lipinski definition) is 4. The fraction of sp³-hybridized carbons (Fsp3) is 0.211. The average molecular weight is 721 g/mol. The van der Waals surface area contributed by atoms with Crippen molar-refractivity contribution in [3.8, 4) is 6.07 Å². The van der Waals surface area contributed by atoms with Gasteiger partial charge in [-0.25, -0.2) is 4.79 Å². The first-order valence-corrected chi connectivity index (χ1v) is 17.3. The molecule has 1 unspecified atom stereocenters. The second kappa shape index (κ2) is 15.1. The van der Waals surface area contributed by atoms with Gasteiger partial charge in [-0.2, -0.15) is 5.26 Å². The highest BCUT2D eigenvalue weighted by atomic mass is 35.5. The molecular formula is C38H35Cl2N9O2. The van der Waals surface area contributed by atoms with Crippen molar-refractivity contribution in [1.29, 1.82) is 5.26 Å². The normalized spacial score (nSPS) is 15.1. The van der Waals surface area contributed by atoms with Gasteiger partial charge in [0.05, 0.1) is 33.5 Å². The third-order valence-corrected chi connectivity index (χ3v) is 9.75. The molecule has 4 N–H and O–H groups in total. The van der Waals surface area contributed by atoms with Gasteiger partial charge in [-0.05, 0) is 66.8 Å². The van der Waals surface area contributed by atoms with Gasteiger partial charge in [0.25, 0.3) is 0 Å². The molecule has 0 spiro atoms. The van der Waals surface area contributed by atoms with E-state index in [2.05, 4.69) is 42.6 Å². The van der Waals surface area contributed by atoms with Crippen LogP contribution in [0.4, 0.5) is 21.9 Å². The highest BCUT2D eigenvalue weighted by Gasteiger charge is 2.31. The van der Waals surface area contributed by atoms with Crippen molar-refractivity contribution in [2.75, 3.05) is 23.7 Å². The monoisotopic (exact) mass is 719 g/mol. The third kappa shape index (κ3) is 7.64. The number of halogens is 2. The predicted octanol–water partition coefficient (Wildman–Crippen LogP) is 7.98. The molecule has 1 amide bonds. The van der Waals surface area contributed by atoms with Crippen molar-refractivity contribution < 1.29 is 9.53 Å². The molecule has 2 aromatic heterocycles. The first-order valence-electron chi connectivity index (χ1n) is 16.6. The Kier molecular flexibility index (Phi) is 10.1. The standard InChI is InChI=1S/C38H35Cl2N9O2/c1-24-9-10-28(17-32(24)39)44-35-27(19-41)21-43-37-31(35)16-29(18-33(37)40)45-36(26-8-5-13-42-20-26)34-22-49(47-46-34)30-11-14-48(15-12-30)38(50)51-23-25-6-3-2-4-7-25/h2-10,13,16-18,20-22,30,36,45-47H,11-12,14-15,23H2,1H3,(H,43,44). The number of nitrogens with zero attached hydrogens (tertiary/aromatic N) is 5. The molecule has 1 atom stereocenters. The van der Waals surface area contributed by atoms with E-state index in [1.165, 1.54) is 6.20 Å². The van der Waals surface area contributed by atoms with E-state index in [0.29, 0.717) is 51.0 Å². The van der Waals surface area contributed by atoms with Crippen LogP contribution in [0.3, 0.4) is 0 Å². The lowest BCUT2D eigenvalue weighted by atomic mass is 10.0. The van der Waals surface area contributed by atoms with Gasteiger partial charge in [-0.1, -0.05) is 65.7 Å². The number of pyridine rings is 2. The lowest BCUT2D eigenvalue weighted by Crippen LogP contribution is -2.49. The summed E-state index contributed by atoms with van der Waals surface area (Å²) in [4.78, 5) is 23.4. The van der Waals surface area contributed by atoms with Crippen LogP contribution in [0.15, 0.2) is 103 Å². The van der Waals surface area contributed by atoms with Crippen molar-refractivity contribution in [2.24, 2.45) is 0 Å². The Balaban J connectivity index is 1.11. The zero-order valence-corrected chi connectivity index (χ0v) is 29.2. The zero-order valence-electron chi connectivity index (χ0n) is 27.7. The molecule has 4 heterocycles. The van der Waals surface area contributed by atoms with Crippen molar-refractivity contribution in [3.63, 3.8) is 0 Å². The van der Waals surface area contributed by atoms with Gasteiger partial charge in [0.1, 0.15) is 12.7 Å². The Morgan fingerprint density at radius 1 is 1.04 bits per heavy atom. The summed E-state index contributed by atoms with van der Waals surface area (Å²) >= 11 is 13.3. The predicted molar refractivity (Wildman–Crippen MR) is 199 cm³/mol. The number of benzene rings is 3. The molecule has 258 valence electrons. The van der Waals surface area contributed by atoms with Crippen LogP contribution in [0.1, 0.15) is 41.1 Å². The van der Waals surface area contributed by atoms with Gasteiger partial charge in [-0.3, -0.25) is 15.0 Å². The number of fused-ring (bicyclic) bond motifs is 1. The van der Waals surface area contributed by atoms with Crippen LogP contribution in [0.2, 0.25) is 10.0 Å². The molecule has 5 aromatic rings. The minimum atomic E-state index is -0.350. The van der Waals surface area contributed by atoms with Gasteiger partial charge < -0.3 is 25.7 Å². The molecule has 2 aliphatic heterocycles. The molecule has 0 bridgehead atoms. The fourth-order valence-electron chi connectivity index (χ4n) is 6.26. The van der Waals surface area contributed by atoms with E-state index < -0.39 is 0 Å². The van der Waals surface area contributed by atoms with Crippen molar-refractivity contribution in [1.82, 2.24) is 30.8 Å². The maximum absolute atomic E-state index is 12.7. The van der Waals surface area contributed by atoms with E-state index in [-0.39, 0.29) is 24.8 Å². The number of amides is 1. The van der Waals surface area contributed by atoms with Crippen LogP contribution in [0, 0.1) is 18.3 Å². The summed E-state index contributed by atoms with van der Waals surface area (Å²) in [5, 5.41) is 20.8. The van der Waals surface area contributed by atoms with E-state index in [0.717, 1.165) is 40.9 Å². The highest BCUT2D eigenvalue weighted by Crippen LogP contribution is 2.37. The SMILES string of the molecule is Cc1ccc(Nc2c(C#N)cnc3c(Cl)cc(NC(C4=CN(C5CCN(C(=O)OCc6ccccc6)CC5)NN4)c4cccnc4)cc23)cc1Cl. The molecule has 13 heteroatoms. The van der Waals surface area contributed by atoms with Gasteiger partial charge >= 0.3 is 6.09 Å². The molecular weight excluding hydrogens is 685 g/mol. The van der Waals surface area contributed by atoms with E-state index in [1.807, 2.05) is 92.1 Å². The van der Waals surface area contributed by atoms with Crippen LogP contribution in [-0.2, 0) is 11.3 Å². The number of aryl methyl sites for hydroxylation is 1. The molecule has 7 rings (SSSR count). The van der Waals surface area contributed by atoms with Crippen LogP contribution < -0.4 is 21.6 Å². The van der Waals surface area contributed by atoms with Crippen molar-refractivity contribution in [3.05, 3.63) is 136 Å². The summed E-state index contributed by atoms with van der Waals surface area (Å²) in [6.07, 6.45) is 8.34. The van der Waals surface area contributed by atoms with Gasteiger partial charge in [0, 0.05) is 65.7 Å². The molecule has 1 saturated heterocycles. The summed E-state index contributed by atoms with van der Waals surface area (Å²) in [7, 11) is 0. The van der Waals surface area contributed by atoms with Crippen LogP contribution >= 0.6 is 23.2 Å². The van der Waals surface area contributed by atoms with E-state index in [4.69, 9.17) is 27.9 Å². The largest absolute Gasteiger partial charge is 0.445 e. The number of piperidine rings is 1. The maximum Gasteiger partial charge on any atom is 0.410 e. The van der Waals surface area contributed by atoms with Gasteiger partial charge in [-0.15, -0.1) is 5.53 Å². The van der Waals surface area contributed by atoms with Crippen LogP contribution in [0.5, 0.6) is 0 Å². The second-order valence-electron chi connectivity index (χ2n) is 12.5. The van der Waals surface area contributed by atoms with Gasteiger partial charge in [0.2, 0.25) is 0 Å². The summed E-state index contributed by atoms with van der Waals surface area (Å²) in [5.74, 6) is 0. The Morgan fingerprint density at radius 2 is 1.84 bits per heavy atom. The number of carbonyl (C=O) groups is 1. The second-order valence-corrected chi connectivity index (χ2v) is 13.3. The van der Waals surface area contributed by atoms with Crippen molar-refractivity contribution in [2.45, 2.75) is 38.5 Å². The molecule has 51 heavy (non-hydrogen) atoms. The lowest BCUT2D eigenvalue weighted by Gasteiger charge is -2.35. The fourth-order valence-corrected chi connectivity index (χ4v) is 6.70. The Morgan fingerprint density at radius 3 is 2.59 bits per heavy atom. The number of likely N-dealkylation sites (tertiary alicyclic amines) is 1. The van der Waals surface area contributed by atoms with E-state index in [1.54, 1.807) is 11.1 Å². The van der Waals surface area contributed by atoms with Crippen LogP contribution in [0.25, 0.3) is 10.9 Å². The maximum atomic E-state index is 12.7. The Labute approximate surface area is 305 Å². The number of anilines is 3. The smallest absolute Gasteiger partial charge is 0.410 e.